The number of benzene rings is 2. The maximum atomic E-state index is 12.1. The van der Waals surface area contributed by atoms with Crippen molar-refractivity contribution in [1.82, 2.24) is 15.3 Å². The molecule has 0 saturated heterocycles. The summed E-state index contributed by atoms with van der Waals surface area (Å²) in [6.45, 7) is 0.635. The lowest BCUT2D eigenvalue weighted by molar-refractivity contribution is 0.143. The molecule has 2 aromatic carbocycles. The van der Waals surface area contributed by atoms with Gasteiger partial charge in [0.25, 0.3) is 5.56 Å². The maximum Gasteiger partial charge on any atom is 0.407 e. The summed E-state index contributed by atoms with van der Waals surface area (Å²) in [5, 5.41) is 2.71. The highest BCUT2D eigenvalue weighted by atomic mass is 16.5. The summed E-state index contributed by atoms with van der Waals surface area (Å²) >= 11 is 0. The number of H-pyrrole nitrogens is 1. The van der Waals surface area contributed by atoms with Crippen molar-refractivity contribution in [3.63, 3.8) is 0 Å². The minimum Gasteiger partial charge on any atom is -0.449 e. The zero-order chi connectivity index (χ0) is 18.6. The second-order valence-electron chi connectivity index (χ2n) is 6.40. The molecule has 0 unspecified atom stereocenters. The molecule has 6 heteroatoms. The first kappa shape index (κ1) is 17.0. The van der Waals surface area contributed by atoms with Crippen molar-refractivity contribution in [2.45, 2.75) is 12.3 Å². The molecule has 136 valence electrons. The van der Waals surface area contributed by atoms with Crippen LogP contribution < -0.4 is 10.9 Å². The van der Waals surface area contributed by atoms with Crippen LogP contribution in [-0.4, -0.2) is 29.2 Å². The van der Waals surface area contributed by atoms with E-state index in [4.69, 9.17) is 4.74 Å². The zero-order valence-electron chi connectivity index (χ0n) is 14.6. The lowest BCUT2D eigenvalue weighted by atomic mass is 9.98. The molecule has 0 bridgehead atoms. The fourth-order valence-corrected chi connectivity index (χ4v) is 3.49. The number of amides is 1. The highest BCUT2D eigenvalue weighted by Gasteiger charge is 2.28. The fourth-order valence-electron chi connectivity index (χ4n) is 3.49. The van der Waals surface area contributed by atoms with Crippen LogP contribution in [0.25, 0.3) is 11.1 Å². The predicted molar refractivity (Wildman–Crippen MR) is 102 cm³/mol. The molecule has 1 heterocycles. The molecular formula is C21H19N3O3. The minimum absolute atomic E-state index is 0.0394. The first-order valence-corrected chi connectivity index (χ1v) is 8.85. The number of carbonyl (C=O) groups is 1. The Balaban J connectivity index is 1.36. The topological polar surface area (TPSA) is 84.1 Å². The number of aromatic nitrogens is 2. The smallest absolute Gasteiger partial charge is 0.407 e. The minimum atomic E-state index is -0.471. The van der Waals surface area contributed by atoms with E-state index >= 15 is 0 Å². The number of nitrogens with one attached hydrogen (secondary N) is 2. The summed E-state index contributed by atoms with van der Waals surface area (Å²) in [4.78, 5) is 29.8. The first-order valence-electron chi connectivity index (χ1n) is 8.85. The Bertz CT molecular complexity index is 983. The largest absolute Gasteiger partial charge is 0.449 e. The number of hydrogen-bond acceptors (Lipinski definition) is 4. The average Bonchev–Trinajstić information content (AvgIpc) is 3.00. The number of alkyl carbamates (subject to hydrolysis) is 1. The monoisotopic (exact) mass is 361 g/mol. The third-order valence-electron chi connectivity index (χ3n) is 4.73. The first-order chi connectivity index (χ1) is 13.2. The Morgan fingerprint density at radius 2 is 1.74 bits per heavy atom. The number of carbonyl (C=O) groups excluding carboxylic acids is 1. The summed E-state index contributed by atoms with van der Waals surface area (Å²) in [5.74, 6) is 0.0394. The van der Waals surface area contributed by atoms with E-state index in [0.29, 0.717) is 18.7 Å². The van der Waals surface area contributed by atoms with Gasteiger partial charge in [-0.25, -0.2) is 9.78 Å². The SMILES string of the molecule is O=C(NCCc1cc(=O)[nH]cn1)OCC1c2ccccc2-c2ccccc21. The van der Waals surface area contributed by atoms with Crippen LogP contribution in [0.4, 0.5) is 4.79 Å². The van der Waals surface area contributed by atoms with Crippen molar-refractivity contribution < 1.29 is 9.53 Å². The highest BCUT2D eigenvalue weighted by molar-refractivity contribution is 5.79. The Morgan fingerprint density at radius 3 is 2.41 bits per heavy atom. The Hall–Kier alpha value is -3.41. The van der Waals surface area contributed by atoms with Gasteiger partial charge in [-0.3, -0.25) is 4.79 Å². The number of rotatable bonds is 5. The number of ether oxygens (including phenoxy) is 1. The van der Waals surface area contributed by atoms with Gasteiger partial charge in [-0.2, -0.15) is 0 Å². The van der Waals surface area contributed by atoms with Crippen molar-refractivity contribution in [1.29, 1.82) is 0 Å². The molecule has 0 spiro atoms. The van der Waals surface area contributed by atoms with Gasteiger partial charge >= 0.3 is 6.09 Å². The molecule has 6 nitrogen and oxygen atoms in total. The second-order valence-corrected chi connectivity index (χ2v) is 6.40. The Kier molecular flexibility index (Phi) is 4.70. The van der Waals surface area contributed by atoms with E-state index in [1.54, 1.807) is 0 Å². The van der Waals surface area contributed by atoms with Crippen LogP contribution in [-0.2, 0) is 11.2 Å². The van der Waals surface area contributed by atoms with Crippen molar-refractivity contribution >= 4 is 6.09 Å². The van der Waals surface area contributed by atoms with Crippen LogP contribution in [0.3, 0.4) is 0 Å². The van der Waals surface area contributed by atoms with Gasteiger partial charge in [0.05, 0.1) is 6.33 Å². The molecule has 27 heavy (non-hydrogen) atoms. The van der Waals surface area contributed by atoms with Gasteiger partial charge in [0.15, 0.2) is 0 Å². The molecule has 0 radical (unpaired) electrons. The van der Waals surface area contributed by atoms with E-state index in [0.717, 1.165) is 0 Å². The summed E-state index contributed by atoms with van der Waals surface area (Å²) < 4.78 is 5.46. The van der Waals surface area contributed by atoms with Crippen LogP contribution >= 0.6 is 0 Å². The molecule has 1 aliphatic carbocycles. The lowest BCUT2D eigenvalue weighted by Gasteiger charge is -2.14. The predicted octanol–water partition coefficient (Wildman–Crippen LogP) is 2.85. The average molecular weight is 361 g/mol. The number of hydrogen-bond donors (Lipinski definition) is 2. The summed E-state index contributed by atoms with van der Waals surface area (Å²) in [6.07, 6.45) is 1.35. The maximum absolute atomic E-state index is 12.1. The summed E-state index contributed by atoms with van der Waals surface area (Å²) in [5.41, 5.74) is 5.17. The van der Waals surface area contributed by atoms with Gasteiger partial charge in [-0.05, 0) is 22.3 Å². The van der Waals surface area contributed by atoms with E-state index in [9.17, 15) is 9.59 Å². The molecule has 2 N–H and O–H groups in total. The highest BCUT2D eigenvalue weighted by Crippen LogP contribution is 2.44. The Morgan fingerprint density at radius 1 is 1.07 bits per heavy atom. The third kappa shape index (κ3) is 3.60. The van der Waals surface area contributed by atoms with Gasteiger partial charge < -0.3 is 15.0 Å². The molecule has 1 amide bonds. The normalized spacial score (nSPS) is 12.3. The van der Waals surface area contributed by atoms with Gasteiger partial charge in [0.2, 0.25) is 0 Å². The van der Waals surface area contributed by atoms with Crippen LogP contribution in [0.1, 0.15) is 22.7 Å². The molecular weight excluding hydrogens is 342 g/mol. The number of fused-ring (bicyclic) bond motifs is 3. The van der Waals surface area contributed by atoms with Crippen molar-refractivity contribution in [3.05, 3.63) is 88.1 Å². The molecule has 1 aromatic heterocycles. The summed E-state index contributed by atoms with van der Waals surface area (Å²) in [6, 6.07) is 17.8. The number of aromatic amines is 1. The van der Waals surface area contributed by atoms with Gasteiger partial charge in [-0.15, -0.1) is 0 Å². The van der Waals surface area contributed by atoms with E-state index in [1.165, 1.54) is 34.6 Å². The number of nitrogens with zero attached hydrogens (tertiary/aromatic N) is 1. The van der Waals surface area contributed by atoms with Gasteiger partial charge in [-0.1, -0.05) is 48.5 Å². The molecule has 0 aliphatic heterocycles. The lowest BCUT2D eigenvalue weighted by Crippen LogP contribution is -2.28. The van der Waals surface area contributed by atoms with Crippen LogP contribution in [0.2, 0.25) is 0 Å². The van der Waals surface area contributed by atoms with E-state index < -0.39 is 6.09 Å². The van der Waals surface area contributed by atoms with Gasteiger partial charge in [0.1, 0.15) is 6.61 Å². The van der Waals surface area contributed by atoms with Crippen LogP contribution in [0.5, 0.6) is 0 Å². The van der Waals surface area contributed by atoms with E-state index in [1.807, 2.05) is 24.3 Å². The second kappa shape index (κ2) is 7.45. The quantitative estimate of drug-likeness (QED) is 0.732. The fraction of sp³-hybridized carbons (Fsp3) is 0.190. The van der Waals surface area contributed by atoms with Crippen LogP contribution in [0.15, 0.2) is 65.7 Å². The van der Waals surface area contributed by atoms with Gasteiger partial charge in [0, 0.05) is 30.6 Å². The molecule has 0 atom stereocenters. The summed E-state index contributed by atoms with van der Waals surface area (Å²) in [7, 11) is 0. The van der Waals surface area contributed by atoms with E-state index in [2.05, 4.69) is 39.6 Å². The van der Waals surface area contributed by atoms with Crippen LogP contribution in [0, 0.1) is 0 Å². The zero-order valence-corrected chi connectivity index (χ0v) is 14.6. The van der Waals surface area contributed by atoms with Crippen molar-refractivity contribution in [2.75, 3.05) is 13.2 Å². The molecule has 0 fully saturated rings. The Labute approximate surface area is 156 Å². The molecule has 0 saturated carbocycles. The molecule has 1 aliphatic rings. The third-order valence-corrected chi connectivity index (χ3v) is 4.73. The molecule has 4 rings (SSSR count). The van der Waals surface area contributed by atoms with Crippen molar-refractivity contribution in [3.8, 4) is 11.1 Å². The van der Waals surface area contributed by atoms with E-state index in [-0.39, 0.29) is 18.1 Å². The standard InChI is InChI=1S/C21H19N3O3/c25-20-11-14(23-13-24-20)9-10-22-21(26)27-12-19-17-7-3-1-5-15(17)16-6-2-4-8-18(16)19/h1-8,11,13,19H,9-10,12H2,(H,22,26)(H,23,24,25). The molecule has 3 aromatic rings. The van der Waals surface area contributed by atoms with Crippen molar-refractivity contribution in [2.24, 2.45) is 0 Å².